The van der Waals surface area contributed by atoms with Crippen LogP contribution >= 0.6 is 0 Å². The molecule has 92 valence electrons. The fourth-order valence-corrected chi connectivity index (χ4v) is 2.74. The van der Waals surface area contributed by atoms with Crippen LogP contribution in [0, 0.1) is 13.8 Å². The Kier molecular flexibility index (Phi) is 2.83. The van der Waals surface area contributed by atoms with E-state index in [0.29, 0.717) is 5.92 Å². The summed E-state index contributed by atoms with van der Waals surface area (Å²) in [6.45, 7) is 5.42. The van der Waals surface area contributed by atoms with Crippen molar-refractivity contribution in [2.45, 2.75) is 26.2 Å². The molecule has 1 aliphatic rings. The minimum atomic E-state index is 0.598. The Bertz CT molecular complexity index is 557. The Labute approximate surface area is 109 Å². The molecule has 1 N–H and O–H groups in total. The molecule has 0 radical (unpaired) electrons. The first kappa shape index (κ1) is 11.3. The third-order valence-corrected chi connectivity index (χ3v) is 4.00. The van der Waals surface area contributed by atoms with Crippen LogP contribution in [-0.2, 0) is 6.42 Å². The van der Waals surface area contributed by atoms with E-state index in [4.69, 9.17) is 0 Å². The molecule has 2 aromatic carbocycles. The van der Waals surface area contributed by atoms with Gasteiger partial charge in [0.15, 0.2) is 0 Å². The molecule has 0 bridgehead atoms. The van der Waals surface area contributed by atoms with Crippen molar-refractivity contribution in [2.75, 3.05) is 11.9 Å². The second kappa shape index (κ2) is 4.49. The van der Waals surface area contributed by atoms with Gasteiger partial charge in [0.2, 0.25) is 0 Å². The monoisotopic (exact) mass is 237 g/mol. The van der Waals surface area contributed by atoms with E-state index >= 15 is 0 Å². The number of nitrogens with one attached hydrogen (secondary N) is 1. The fraction of sp³-hybridized carbons (Fsp3) is 0.294. The molecule has 0 saturated heterocycles. The van der Waals surface area contributed by atoms with Crippen LogP contribution in [-0.4, -0.2) is 6.54 Å². The van der Waals surface area contributed by atoms with Gasteiger partial charge in [0.05, 0.1) is 0 Å². The molecule has 1 atom stereocenters. The van der Waals surface area contributed by atoms with Crippen molar-refractivity contribution >= 4 is 5.69 Å². The van der Waals surface area contributed by atoms with Crippen LogP contribution < -0.4 is 5.32 Å². The Morgan fingerprint density at radius 2 is 1.72 bits per heavy atom. The smallest absolute Gasteiger partial charge is 0.0376 e. The highest BCUT2D eigenvalue weighted by atomic mass is 14.9. The predicted molar refractivity (Wildman–Crippen MR) is 77.3 cm³/mol. The van der Waals surface area contributed by atoms with Crippen LogP contribution in [0.2, 0.25) is 0 Å². The molecule has 3 rings (SSSR count). The SMILES string of the molecule is Cc1cc2c(cc1C)NCC(c1ccccc1)C2. The number of benzene rings is 2. The van der Waals surface area contributed by atoms with Crippen molar-refractivity contribution in [2.24, 2.45) is 0 Å². The van der Waals surface area contributed by atoms with Crippen molar-refractivity contribution in [3.63, 3.8) is 0 Å². The molecule has 1 heterocycles. The van der Waals surface area contributed by atoms with Gasteiger partial charge in [-0.1, -0.05) is 36.4 Å². The largest absolute Gasteiger partial charge is 0.384 e. The van der Waals surface area contributed by atoms with E-state index in [9.17, 15) is 0 Å². The zero-order valence-electron chi connectivity index (χ0n) is 11.0. The first-order chi connectivity index (χ1) is 8.74. The molecule has 1 nitrogen and oxygen atoms in total. The summed E-state index contributed by atoms with van der Waals surface area (Å²) in [7, 11) is 0. The topological polar surface area (TPSA) is 12.0 Å². The van der Waals surface area contributed by atoms with Crippen LogP contribution in [0.15, 0.2) is 42.5 Å². The lowest BCUT2D eigenvalue weighted by atomic mass is 9.87. The molecule has 1 unspecified atom stereocenters. The number of fused-ring (bicyclic) bond motifs is 1. The zero-order valence-corrected chi connectivity index (χ0v) is 11.0. The summed E-state index contributed by atoms with van der Waals surface area (Å²) in [5, 5.41) is 3.58. The van der Waals surface area contributed by atoms with E-state index in [1.165, 1.54) is 27.9 Å². The first-order valence-electron chi connectivity index (χ1n) is 6.63. The highest BCUT2D eigenvalue weighted by Crippen LogP contribution is 2.32. The maximum atomic E-state index is 3.58. The Morgan fingerprint density at radius 3 is 2.50 bits per heavy atom. The predicted octanol–water partition coefficient (Wildman–Crippen LogP) is 4.06. The van der Waals surface area contributed by atoms with E-state index in [1.54, 1.807) is 0 Å². The molecular formula is C17H19N. The lowest BCUT2D eigenvalue weighted by Gasteiger charge is -2.27. The highest BCUT2D eigenvalue weighted by Gasteiger charge is 2.19. The number of aryl methyl sites for hydroxylation is 2. The van der Waals surface area contributed by atoms with Gasteiger partial charge in [-0.15, -0.1) is 0 Å². The van der Waals surface area contributed by atoms with Gasteiger partial charge in [-0.3, -0.25) is 0 Å². The average Bonchev–Trinajstić information content (AvgIpc) is 2.41. The molecule has 0 saturated carbocycles. The van der Waals surface area contributed by atoms with Gasteiger partial charge in [0, 0.05) is 18.2 Å². The summed E-state index contributed by atoms with van der Waals surface area (Å²) < 4.78 is 0. The summed E-state index contributed by atoms with van der Waals surface area (Å²) >= 11 is 0. The van der Waals surface area contributed by atoms with Crippen molar-refractivity contribution in [3.8, 4) is 0 Å². The van der Waals surface area contributed by atoms with Crippen LogP contribution in [0.1, 0.15) is 28.2 Å². The lowest BCUT2D eigenvalue weighted by molar-refractivity contribution is 0.694. The van der Waals surface area contributed by atoms with Crippen molar-refractivity contribution in [1.29, 1.82) is 0 Å². The molecule has 1 aliphatic heterocycles. The lowest BCUT2D eigenvalue weighted by Crippen LogP contribution is -2.21. The maximum absolute atomic E-state index is 3.58. The van der Waals surface area contributed by atoms with Gasteiger partial charge < -0.3 is 5.32 Å². The van der Waals surface area contributed by atoms with Crippen molar-refractivity contribution < 1.29 is 0 Å². The summed E-state index contributed by atoms with van der Waals surface area (Å²) in [6, 6.07) is 15.4. The minimum Gasteiger partial charge on any atom is -0.384 e. The Hall–Kier alpha value is -1.76. The van der Waals surface area contributed by atoms with Gasteiger partial charge in [0.1, 0.15) is 0 Å². The van der Waals surface area contributed by atoms with Crippen LogP contribution in [0.25, 0.3) is 0 Å². The van der Waals surface area contributed by atoms with Crippen LogP contribution in [0.5, 0.6) is 0 Å². The number of rotatable bonds is 1. The second-order valence-corrected chi connectivity index (χ2v) is 5.29. The molecule has 18 heavy (non-hydrogen) atoms. The van der Waals surface area contributed by atoms with Crippen molar-refractivity contribution in [3.05, 3.63) is 64.7 Å². The van der Waals surface area contributed by atoms with Gasteiger partial charge in [-0.05, 0) is 48.6 Å². The van der Waals surface area contributed by atoms with Gasteiger partial charge in [0.25, 0.3) is 0 Å². The van der Waals surface area contributed by atoms with Crippen LogP contribution in [0.4, 0.5) is 5.69 Å². The minimum absolute atomic E-state index is 0.598. The van der Waals surface area contributed by atoms with E-state index in [1.807, 2.05) is 0 Å². The third-order valence-electron chi connectivity index (χ3n) is 4.00. The number of anilines is 1. The summed E-state index contributed by atoms with van der Waals surface area (Å²) in [6.07, 6.45) is 1.15. The molecule has 0 spiro atoms. The van der Waals surface area contributed by atoms with Gasteiger partial charge in [-0.2, -0.15) is 0 Å². The Morgan fingerprint density at radius 1 is 1.00 bits per heavy atom. The third kappa shape index (κ3) is 2.01. The number of hydrogen-bond donors (Lipinski definition) is 1. The van der Waals surface area contributed by atoms with Crippen molar-refractivity contribution in [1.82, 2.24) is 0 Å². The van der Waals surface area contributed by atoms with E-state index in [2.05, 4.69) is 61.6 Å². The molecule has 2 aromatic rings. The first-order valence-corrected chi connectivity index (χ1v) is 6.63. The second-order valence-electron chi connectivity index (χ2n) is 5.29. The fourth-order valence-electron chi connectivity index (χ4n) is 2.74. The maximum Gasteiger partial charge on any atom is 0.0376 e. The molecular weight excluding hydrogens is 218 g/mol. The molecule has 0 fully saturated rings. The average molecular weight is 237 g/mol. The molecule has 0 amide bonds. The standard InChI is InChI=1S/C17H19N/c1-12-8-15-10-16(14-6-4-3-5-7-14)11-18-17(15)9-13(12)2/h3-9,16,18H,10-11H2,1-2H3. The summed E-state index contributed by atoms with van der Waals surface area (Å²) in [5.41, 5.74) is 6.99. The van der Waals surface area contributed by atoms with E-state index in [0.717, 1.165) is 13.0 Å². The summed E-state index contributed by atoms with van der Waals surface area (Å²) in [5.74, 6) is 0.598. The normalized spacial score (nSPS) is 18.0. The highest BCUT2D eigenvalue weighted by molar-refractivity contribution is 5.58. The van der Waals surface area contributed by atoms with E-state index < -0.39 is 0 Å². The summed E-state index contributed by atoms with van der Waals surface area (Å²) in [4.78, 5) is 0. The Balaban J connectivity index is 1.92. The quantitative estimate of drug-likeness (QED) is 0.788. The molecule has 0 aromatic heterocycles. The number of hydrogen-bond acceptors (Lipinski definition) is 1. The molecule has 0 aliphatic carbocycles. The van der Waals surface area contributed by atoms with Gasteiger partial charge in [-0.25, -0.2) is 0 Å². The van der Waals surface area contributed by atoms with E-state index in [-0.39, 0.29) is 0 Å². The zero-order chi connectivity index (χ0) is 12.5. The molecule has 1 heteroatoms. The van der Waals surface area contributed by atoms with Gasteiger partial charge >= 0.3 is 0 Å². The van der Waals surface area contributed by atoms with Crippen LogP contribution in [0.3, 0.4) is 0 Å².